The number of phenols is 2. The fraction of sp³-hybridized carbons (Fsp3) is 0.350. The van der Waals surface area contributed by atoms with Gasteiger partial charge in [0.2, 0.25) is 0 Å². The molecule has 2 aromatic carbocycles. The largest absolute Gasteiger partial charge is 0.508 e. The van der Waals surface area contributed by atoms with Crippen LogP contribution >= 0.6 is 0 Å². The van der Waals surface area contributed by atoms with E-state index in [1.165, 1.54) is 12.1 Å². The molecule has 5 heteroatoms. The van der Waals surface area contributed by atoms with Crippen molar-refractivity contribution in [2.75, 3.05) is 0 Å². The maximum Gasteiger partial charge on any atom is 0.167 e. The molecule has 2 aromatic rings. The highest BCUT2D eigenvalue weighted by atomic mass is 16.3. The predicted octanol–water partition coefficient (Wildman–Crippen LogP) is 2.46. The highest BCUT2D eigenvalue weighted by Gasteiger charge is 2.58. The predicted molar refractivity (Wildman–Crippen MR) is 88.6 cm³/mol. The lowest BCUT2D eigenvalue weighted by atomic mass is 9.67. The first kappa shape index (κ1) is 14.9. The van der Waals surface area contributed by atoms with Crippen LogP contribution in [0.25, 0.3) is 0 Å². The zero-order valence-electron chi connectivity index (χ0n) is 13.4. The monoisotopic (exact) mass is 338 g/mol. The second-order valence-electron chi connectivity index (χ2n) is 7.36. The Balaban J connectivity index is 1.86. The number of fused-ring (bicyclic) bond motifs is 5. The van der Waals surface area contributed by atoms with Crippen LogP contribution in [0.2, 0.25) is 0 Å². The van der Waals surface area contributed by atoms with Crippen LogP contribution in [0.15, 0.2) is 30.3 Å². The normalized spacial score (nSPS) is 32.1. The molecule has 128 valence electrons. The molecule has 0 bridgehead atoms. The quantitative estimate of drug-likeness (QED) is 0.591. The topological polar surface area (TPSA) is 98.0 Å². The molecule has 0 spiro atoms. The Hall–Kier alpha value is -2.37. The van der Waals surface area contributed by atoms with E-state index in [9.17, 15) is 25.2 Å². The van der Waals surface area contributed by atoms with Gasteiger partial charge in [0.05, 0.1) is 11.7 Å². The average Bonchev–Trinajstić information content (AvgIpc) is 2.83. The fourth-order valence-electron chi connectivity index (χ4n) is 5.31. The highest BCUT2D eigenvalue weighted by molar-refractivity contribution is 6.02. The summed E-state index contributed by atoms with van der Waals surface area (Å²) in [4.78, 5) is 12.7. The number of phenolic OH excluding ortho intramolecular Hbond substituents is 2. The Kier molecular flexibility index (Phi) is 2.76. The van der Waals surface area contributed by atoms with Crippen molar-refractivity contribution in [3.8, 4) is 11.5 Å². The number of carbonyl (C=O) groups excluding carboxylic acids is 1. The highest BCUT2D eigenvalue weighted by Crippen LogP contribution is 2.63. The molecule has 0 fully saturated rings. The third-order valence-electron chi connectivity index (χ3n) is 6.29. The van der Waals surface area contributed by atoms with Crippen LogP contribution in [-0.2, 0) is 5.60 Å². The zero-order chi connectivity index (χ0) is 17.5. The molecule has 4 N–H and O–H groups in total. The van der Waals surface area contributed by atoms with Gasteiger partial charge in [-0.05, 0) is 42.0 Å². The first-order chi connectivity index (χ1) is 11.9. The summed E-state index contributed by atoms with van der Waals surface area (Å²) >= 11 is 0. The number of aliphatic hydroxyl groups is 2. The SMILES string of the molecule is O=C1C[C@@H]2[C@H]3CC[C@@H](O)c4c(O)ccc(c43)[C@]2(O)c2cccc(O)c21. The van der Waals surface area contributed by atoms with Gasteiger partial charge < -0.3 is 20.4 Å². The minimum Gasteiger partial charge on any atom is -0.508 e. The van der Waals surface area contributed by atoms with E-state index in [1.54, 1.807) is 18.2 Å². The summed E-state index contributed by atoms with van der Waals surface area (Å²) in [5.41, 5.74) is 1.09. The number of rotatable bonds is 0. The van der Waals surface area contributed by atoms with Crippen molar-refractivity contribution in [1.82, 2.24) is 0 Å². The zero-order valence-corrected chi connectivity index (χ0v) is 13.4. The van der Waals surface area contributed by atoms with Crippen molar-refractivity contribution in [3.05, 3.63) is 58.1 Å². The number of hydrogen-bond donors (Lipinski definition) is 4. The Morgan fingerprint density at radius 2 is 1.76 bits per heavy atom. The standard InChI is InChI=1S/C20H18O5/c21-13-3-1-2-10-18(13)16(24)8-12-9-4-6-14(22)19-15(23)7-5-11(17(9)19)20(10,12)25/h1-3,5,7,9,12,14,21-23,25H,4,6,8H2/t9-,12-,14-,20-/m1/s1. The van der Waals surface area contributed by atoms with E-state index in [2.05, 4.69) is 0 Å². The minimum atomic E-state index is -1.39. The number of benzene rings is 2. The van der Waals surface area contributed by atoms with Crippen LogP contribution < -0.4 is 0 Å². The maximum atomic E-state index is 12.7. The fourth-order valence-corrected chi connectivity index (χ4v) is 5.31. The van der Waals surface area contributed by atoms with Gasteiger partial charge in [-0.25, -0.2) is 0 Å². The number of hydrogen-bond acceptors (Lipinski definition) is 5. The Morgan fingerprint density at radius 1 is 0.960 bits per heavy atom. The molecule has 0 unspecified atom stereocenters. The van der Waals surface area contributed by atoms with Crippen LogP contribution in [0, 0.1) is 5.92 Å². The Labute approximate surface area is 144 Å². The summed E-state index contributed by atoms with van der Waals surface area (Å²) < 4.78 is 0. The van der Waals surface area contributed by atoms with Gasteiger partial charge in [-0.1, -0.05) is 18.2 Å². The van der Waals surface area contributed by atoms with Crippen LogP contribution in [0.5, 0.6) is 11.5 Å². The second-order valence-corrected chi connectivity index (χ2v) is 7.36. The molecule has 5 rings (SSSR count). The summed E-state index contributed by atoms with van der Waals surface area (Å²) in [6, 6.07) is 7.95. The number of Topliss-reactive ketones (excluding diaryl/α,β-unsaturated/α-hetero) is 1. The van der Waals surface area contributed by atoms with Gasteiger partial charge in [0, 0.05) is 23.5 Å². The molecule has 4 atom stereocenters. The van der Waals surface area contributed by atoms with Gasteiger partial charge in [0.1, 0.15) is 17.1 Å². The first-order valence-electron chi connectivity index (χ1n) is 8.57. The summed E-state index contributed by atoms with van der Waals surface area (Å²) in [6.45, 7) is 0. The number of aliphatic hydroxyl groups excluding tert-OH is 1. The van der Waals surface area contributed by atoms with E-state index >= 15 is 0 Å². The molecular formula is C20H18O5. The van der Waals surface area contributed by atoms with Gasteiger partial charge in [-0.3, -0.25) is 4.79 Å². The van der Waals surface area contributed by atoms with E-state index in [0.717, 1.165) is 5.56 Å². The summed E-state index contributed by atoms with van der Waals surface area (Å²) in [5, 5.41) is 42.6. The van der Waals surface area contributed by atoms with E-state index in [1.807, 2.05) is 0 Å². The lowest BCUT2D eigenvalue weighted by molar-refractivity contribution is 0.00599. The molecule has 3 aliphatic carbocycles. The molecule has 0 saturated heterocycles. The Bertz CT molecular complexity index is 934. The van der Waals surface area contributed by atoms with Gasteiger partial charge in [-0.15, -0.1) is 0 Å². The van der Waals surface area contributed by atoms with Gasteiger partial charge >= 0.3 is 0 Å². The van der Waals surface area contributed by atoms with Crippen LogP contribution in [-0.4, -0.2) is 26.2 Å². The van der Waals surface area contributed by atoms with E-state index in [-0.39, 0.29) is 41.1 Å². The third kappa shape index (κ3) is 1.62. The van der Waals surface area contributed by atoms with E-state index in [0.29, 0.717) is 29.5 Å². The van der Waals surface area contributed by atoms with Crippen molar-refractivity contribution >= 4 is 5.78 Å². The van der Waals surface area contributed by atoms with Crippen molar-refractivity contribution < 1.29 is 25.2 Å². The van der Waals surface area contributed by atoms with Gasteiger partial charge in [0.15, 0.2) is 5.78 Å². The van der Waals surface area contributed by atoms with Crippen LogP contribution in [0.1, 0.15) is 63.9 Å². The van der Waals surface area contributed by atoms with E-state index < -0.39 is 11.7 Å². The molecule has 0 radical (unpaired) electrons. The molecule has 5 nitrogen and oxygen atoms in total. The average molecular weight is 338 g/mol. The van der Waals surface area contributed by atoms with Crippen LogP contribution in [0.3, 0.4) is 0 Å². The summed E-state index contributed by atoms with van der Waals surface area (Å²) in [6.07, 6.45) is 0.507. The maximum absolute atomic E-state index is 12.7. The van der Waals surface area contributed by atoms with E-state index in [4.69, 9.17) is 0 Å². The smallest absolute Gasteiger partial charge is 0.167 e. The Morgan fingerprint density at radius 3 is 2.56 bits per heavy atom. The second kappa shape index (κ2) is 4.62. The van der Waals surface area contributed by atoms with Gasteiger partial charge in [0.25, 0.3) is 0 Å². The molecule has 0 aromatic heterocycles. The van der Waals surface area contributed by atoms with Crippen molar-refractivity contribution in [2.45, 2.75) is 36.9 Å². The lowest BCUT2D eigenvalue weighted by Gasteiger charge is -2.39. The molecule has 0 amide bonds. The molecule has 0 saturated carbocycles. The number of ketones is 1. The summed E-state index contributed by atoms with van der Waals surface area (Å²) in [5.74, 6) is -0.705. The van der Waals surface area contributed by atoms with Gasteiger partial charge in [-0.2, -0.15) is 0 Å². The van der Waals surface area contributed by atoms with Crippen LogP contribution in [0.4, 0.5) is 0 Å². The van der Waals surface area contributed by atoms with Crippen molar-refractivity contribution in [2.24, 2.45) is 5.92 Å². The minimum absolute atomic E-state index is 0.0284. The number of aromatic hydroxyl groups is 2. The van der Waals surface area contributed by atoms with Crippen molar-refractivity contribution in [3.63, 3.8) is 0 Å². The number of carbonyl (C=O) groups is 1. The molecule has 25 heavy (non-hydrogen) atoms. The van der Waals surface area contributed by atoms with Crippen molar-refractivity contribution in [1.29, 1.82) is 0 Å². The summed E-state index contributed by atoms with van der Waals surface area (Å²) in [7, 11) is 0. The lowest BCUT2D eigenvalue weighted by Crippen LogP contribution is -2.40. The first-order valence-corrected chi connectivity index (χ1v) is 8.57. The molecule has 0 aliphatic heterocycles. The third-order valence-corrected chi connectivity index (χ3v) is 6.29. The molecule has 3 aliphatic rings. The molecule has 0 heterocycles. The molecular weight excluding hydrogens is 320 g/mol.